The minimum absolute atomic E-state index is 0.0800. The molecule has 0 saturated carbocycles. The largest absolute Gasteiger partial charge is 0.619 e. The number of nitrogens with two attached hydrogens (primary N) is 2. The Balaban J connectivity index is 0.000000236. The van der Waals surface area contributed by atoms with Crippen LogP contribution >= 0.6 is 79.4 Å². The number of piperidine rings is 2. The highest BCUT2D eigenvalue weighted by Crippen LogP contribution is 2.38. The second-order valence-electron chi connectivity index (χ2n) is 17.3. The monoisotopic (exact) mass is 1300 g/mol. The van der Waals surface area contributed by atoms with Gasteiger partial charge < -0.3 is 31.2 Å². The van der Waals surface area contributed by atoms with Crippen molar-refractivity contribution in [2.45, 2.75) is 64.5 Å². The Hall–Kier alpha value is -4.36. The third-order valence-electron chi connectivity index (χ3n) is 12.8. The minimum Gasteiger partial charge on any atom is -0.619 e. The van der Waals surface area contributed by atoms with Gasteiger partial charge in [-0.1, -0.05) is 116 Å². The zero-order valence-electron chi connectivity index (χ0n) is 39.7. The maximum atomic E-state index is 13.5. The number of ether oxygens (including phenoxy) is 1. The van der Waals surface area contributed by atoms with Gasteiger partial charge in [-0.25, -0.2) is 9.98 Å². The van der Waals surface area contributed by atoms with E-state index in [0.717, 1.165) is 47.9 Å². The van der Waals surface area contributed by atoms with E-state index in [1.807, 2.05) is 76.3 Å². The number of rotatable bonds is 9. The van der Waals surface area contributed by atoms with Gasteiger partial charge in [-0.2, -0.15) is 4.73 Å². The van der Waals surface area contributed by atoms with Crippen molar-refractivity contribution in [2.24, 2.45) is 33.3 Å². The standard InChI is InChI=1S/C24H29N5O3.C23H26ClN5O3.CH2I2.CH3I/c1-16(30)28-9-7-17(8-10-28)15-29-22(31)24(2,27-23(29)25)20-6-4-5-18(11-20)19-12-21(32-3)14-26-13-19;1-15(30)27-8-6-16(7-9-27)12-29-21(31)23(2,26-22(29)25)19-5-3-4-17(10-19)18-11-20(24)14-28(32)13-18;2-1-3;1-2/h4-6,11-14,17H,7-10,15H2,1-3H3,(H2,25,27);3-5,10-11,13-14,16H,6-9,12H2,1-2H3,(H2,25,26);1H2;1H3. The van der Waals surface area contributed by atoms with Crippen molar-refractivity contribution in [3.63, 3.8) is 0 Å². The highest BCUT2D eigenvalue weighted by atomic mass is 127. The number of benzene rings is 2. The molecule has 2 saturated heterocycles. The van der Waals surface area contributed by atoms with Crippen molar-refractivity contribution in [1.29, 1.82) is 0 Å². The van der Waals surface area contributed by atoms with E-state index in [1.165, 1.54) is 14.8 Å². The number of alkyl halides is 3. The van der Waals surface area contributed by atoms with Crippen LogP contribution in [0, 0.1) is 17.0 Å². The minimum atomic E-state index is -1.15. The molecule has 4 aliphatic rings. The summed E-state index contributed by atoms with van der Waals surface area (Å²) in [6.07, 6.45) is 9.48. The fraction of sp³-hybridized carbons (Fsp3) is 0.429. The maximum Gasteiger partial charge on any atom is 0.261 e. The molecule has 6 heterocycles. The van der Waals surface area contributed by atoms with Crippen LogP contribution in [-0.2, 0) is 30.3 Å². The molecule has 0 spiro atoms. The first-order chi connectivity index (χ1) is 32.9. The van der Waals surface area contributed by atoms with Gasteiger partial charge in [-0.05, 0) is 103 Å². The van der Waals surface area contributed by atoms with Crippen LogP contribution in [0.2, 0.25) is 5.02 Å². The van der Waals surface area contributed by atoms with E-state index in [9.17, 15) is 24.4 Å². The molecule has 4 aromatic rings. The van der Waals surface area contributed by atoms with Crippen molar-refractivity contribution in [2.75, 3.05) is 53.7 Å². The number of carbonyl (C=O) groups excluding carboxylic acids is 4. The number of aromatic nitrogens is 2. The van der Waals surface area contributed by atoms with Gasteiger partial charge in [0.2, 0.25) is 11.8 Å². The third-order valence-corrected chi connectivity index (χ3v) is 13.0. The summed E-state index contributed by atoms with van der Waals surface area (Å²) in [5.74, 6) is 1.56. The number of aliphatic imine (C=N–C) groups is 2. The van der Waals surface area contributed by atoms with Crippen LogP contribution in [0.5, 0.6) is 5.75 Å². The van der Waals surface area contributed by atoms with Gasteiger partial charge >= 0.3 is 0 Å². The number of halogens is 4. The number of nitrogens with zero attached hydrogens (tertiary/aromatic N) is 8. The van der Waals surface area contributed by atoms with E-state index < -0.39 is 11.1 Å². The Morgan fingerprint density at radius 3 is 1.58 bits per heavy atom. The van der Waals surface area contributed by atoms with Crippen molar-refractivity contribution in [3.8, 4) is 28.0 Å². The average Bonchev–Trinajstić information content (AvgIpc) is 3.70. The molecule has 2 unspecified atom stereocenters. The molecule has 4 N–H and O–H groups in total. The fourth-order valence-electron chi connectivity index (χ4n) is 8.88. The lowest BCUT2D eigenvalue weighted by molar-refractivity contribution is -0.604. The van der Waals surface area contributed by atoms with Crippen molar-refractivity contribution < 1.29 is 28.6 Å². The van der Waals surface area contributed by atoms with Crippen molar-refractivity contribution >= 4 is 115 Å². The summed E-state index contributed by atoms with van der Waals surface area (Å²) in [7, 11) is 1.60. The quantitative estimate of drug-likeness (QED) is 0.0735. The lowest BCUT2D eigenvalue weighted by atomic mass is 9.89. The Labute approximate surface area is 450 Å². The zero-order valence-corrected chi connectivity index (χ0v) is 46.9. The van der Waals surface area contributed by atoms with E-state index in [2.05, 4.69) is 82.7 Å². The highest BCUT2D eigenvalue weighted by molar-refractivity contribution is 14.2. The molecule has 8 rings (SSSR count). The van der Waals surface area contributed by atoms with E-state index in [4.69, 9.17) is 27.8 Å². The summed E-state index contributed by atoms with van der Waals surface area (Å²) in [5.41, 5.74) is 14.9. The number of pyridine rings is 2. The molecule has 0 radical (unpaired) electrons. The number of carbonyl (C=O) groups is 4. The number of hydrogen-bond acceptors (Lipinski definition) is 11. The number of hydrogen-bond donors (Lipinski definition) is 2. The maximum absolute atomic E-state index is 13.5. The molecule has 4 aliphatic heterocycles. The van der Waals surface area contributed by atoms with Crippen LogP contribution in [-0.4, -0.2) is 114 Å². The molecule has 16 nitrogen and oxygen atoms in total. The van der Waals surface area contributed by atoms with Gasteiger partial charge in [0, 0.05) is 70.4 Å². The average molecular weight is 1300 g/mol. The Kier molecular flexibility index (Phi) is 20.3. The van der Waals surface area contributed by atoms with Crippen LogP contribution in [0.4, 0.5) is 0 Å². The SMILES string of the molecule is CC(=O)N1CCC(CN2C(=O)C(C)(c3cccc(-c4cc(Cl)c[n+]([O-])c4)c3)N=C2N)CC1.CI.COc1cncc(-c2cccc(C3(C)N=C(N)N(CC4CCN(C(C)=O)CC4)C3=O)c2)c1.ICI. The van der Waals surface area contributed by atoms with Gasteiger partial charge in [0.25, 0.3) is 11.8 Å². The van der Waals surface area contributed by atoms with Crippen molar-refractivity contribution in [1.82, 2.24) is 24.6 Å². The van der Waals surface area contributed by atoms with Crippen LogP contribution in [0.25, 0.3) is 22.3 Å². The Bertz CT molecular complexity index is 2520. The van der Waals surface area contributed by atoms with Crippen molar-refractivity contribution in [3.05, 3.63) is 107 Å². The van der Waals surface area contributed by atoms with Crippen LogP contribution in [0.15, 0.2) is 95.4 Å². The summed E-state index contributed by atoms with van der Waals surface area (Å²) in [4.78, 5) is 72.2. The van der Waals surface area contributed by atoms with Gasteiger partial charge in [-0.15, -0.1) is 0 Å². The first kappa shape index (κ1) is 55.6. The number of methoxy groups -OCH3 is 1. The summed E-state index contributed by atoms with van der Waals surface area (Å²) < 4.78 is 7.12. The van der Waals surface area contributed by atoms with Crippen LogP contribution in [0.3, 0.4) is 0 Å². The molecule has 2 atom stereocenters. The lowest BCUT2D eigenvalue weighted by Gasteiger charge is -2.33. The molecule has 69 heavy (non-hydrogen) atoms. The molecule has 20 heteroatoms. The fourth-order valence-corrected chi connectivity index (χ4v) is 9.10. The normalized spacial score (nSPS) is 20.4. The number of guanidine groups is 2. The van der Waals surface area contributed by atoms with E-state index >= 15 is 0 Å². The molecule has 2 aromatic heterocycles. The second-order valence-corrected chi connectivity index (χ2v) is 22.2. The number of likely N-dealkylation sites (tertiary alicyclic amines) is 2. The molecule has 370 valence electrons. The Morgan fingerprint density at radius 2 is 1.17 bits per heavy atom. The first-order valence-corrected chi connectivity index (χ1v) is 27.9. The lowest BCUT2D eigenvalue weighted by Crippen LogP contribution is -2.46. The van der Waals surface area contributed by atoms with Crippen LogP contribution in [0.1, 0.15) is 64.5 Å². The number of amides is 4. The summed E-state index contributed by atoms with van der Waals surface area (Å²) in [6.45, 7) is 10.6. The molecule has 2 fully saturated rings. The third kappa shape index (κ3) is 13.5. The topological polar surface area (TPSA) is 207 Å². The summed E-state index contributed by atoms with van der Waals surface area (Å²) >= 11 is 12.7. The highest BCUT2D eigenvalue weighted by Gasteiger charge is 2.47. The van der Waals surface area contributed by atoms with Gasteiger partial charge in [0.1, 0.15) is 10.8 Å². The zero-order chi connectivity index (χ0) is 50.6. The van der Waals surface area contributed by atoms with Gasteiger partial charge in [0.15, 0.2) is 35.4 Å². The molecule has 4 amide bonds. The molecule has 0 aliphatic carbocycles. The predicted molar refractivity (Wildman–Crippen MR) is 296 cm³/mol. The van der Waals surface area contributed by atoms with E-state index in [1.54, 1.807) is 56.1 Å². The smallest absolute Gasteiger partial charge is 0.261 e. The first-order valence-electron chi connectivity index (χ1n) is 22.4. The summed E-state index contributed by atoms with van der Waals surface area (Å²) in [6, 6.07) is 18.7. The second kappa shape index (κ2) is 25.2. The predicted octanol–water partition coefficient (Wildman–Crippen LogP) is 7.52. The van der Waals surface area contributed by atoms with Crippen LogP contribution < -0.4 is 20.9 Å². The molecule has 0 bridgehead atoms. The molecular weight excluding hydrogens is 1240 g/mol. The van der Waals surface area contributed by atoms with Gasteiger partial charge in [-0.3, -0.25) is 34.0 Å². The summed E-state index contributed by atoms with van der Waals surface area (Å²) in [5, 5.41) is 12.1. The Morgan fingerprint density at radius 1 is 0.739 bits per heavy atom. The molecule has 2 aromatic carbocycles. The van der Waals surface area contributed by atoms with E-state index in [0.29, 0.717) is 71.8 Å². The molecular formula is C49H60ClI3N10O6. The van der Waals surface area contributed by atoms with Gasteiger partial charge in [0.05, 0.1) is 15.7 Å². The van der Waals surface area contributed by atoms with E-state index in [-0.39, 0.29) is 41.5 Å².